The quantitative estimate of drug-likeness (QED) is 0.189. The molecule has 2 fully saturated rings. The first-order valence-corrected chi connectivity index (χ1v) is 12.9. The Labute approximate surface area is 200 Å². The smallest absolute Gasteiger partial charge is 0.167 e. The van der Waals surface area contributed by atoms with Gasteiger partial charge in [0.1, 0.15) is 43.0 Å². The van der Waals surface area contributed by atoms with E-state index in [9.17, 15) is 49.1 Å². The van der Waals surface area contributed by atoms with Crippen LogP contribution in [0.1, 0.15) is 12.5 Å². The summed E-state index contributed by atoms with van der Waals surface area (Å²) >= 11 is 0. The first kappa shape index (κ1) is 27.4. The maximum absolute atomic E-state index is 10.7. The lowest BCUT2D eigenvalue weighted by molar-refractivity contribution is -0.345. The van der Waals surface area contributed by atoms with E-state index in [1.165, 1.54) is 0 Å². The molecule has 2 aliphatic heterocycles. The molecule has 8 atom stereocenters. The molecule has 0 unspecified atom stereocenters. The molecule has 5 N–H and O–H groups in total. The molecule has 0 aromatic carbocycles. The van der Waals surface area contributed by atoms with Crippen molar-refractivity contribution in [2.75, 3.05) is 13.2 Å². The molecule has 0 spiro atoms. The van der Waals surface area contributed by atoms with Crippen molar-refractivity contribution in [3.8, 4) is 0 Å². The Morgan fingerprint density at radius 1 is 0.833 bits per heavy atom. The second-order valence-electron chi connectivity index (χ2n) is 7.90. The summed E-state index contributed by atoms with van der Waals surface area (Å²) in [7, 11) is -10.7. The largest absolute Gasteiger partial charge is 0.790 e. The fourth-order valence-electron chi connectivity index (χ4n) is 3.85. The summed E-state index contributed by atoms with van der Waals surface area (Å²) in [5, 5.41) is 49.3. The van der Waals surface area contributed by atoms with Crippen LogP contribution in [0, 0.1) is 5.41 Å². The molecular weight excluding hydrogens is 536 g/mol. The Balaban J connectivity index is 1.57. The molecule has 2 saturated heterocycles. The van der Waals surface area contributed by atoms with Gasteiger partial charge in [0.25, 0.3) is 0 Å². The zero-order valence-corrected chi connectivity index (χ0v) is 19.5. The van der Waals surface area contributed by atoms with Gasteiger partial charge in [0.05, 0.1) is 35.2 Å². The number of hydrogen-bond acceptors (Lipinski definition) is 17. The molecule has 4 heterocycles. The predicted octanol–water partition coefficient (Wildman–Crippen LogP) is -6.36. The van der Waals surface area contributed by atoms with Crippen LogP contribution in [0.2, 0.25) is 0 Å². The van der Waals surface area contributed by atoms with Crippen LogP contribution in [0.25, 0.3) is 11.2 Å². The van der Waals surface area contributed by atoms with Gasteiger partial charge in [0.15, 0.2) is 29.1 Å². The summed E-state index contributed by atoms with van der Waals surface area (Å²) in [5.74, 6) is 0. The van der Waals surface area contributed by atoms with Crippen molar-refractivity contribution in [1.82, 2.24) is 19.1 Å². The summed E-state index contributed by atoms with van der Waals surface area (Å²) in [6.45, 7) is -1.74. The highest BCUT2D eigenvalue weighted by Crippen LogP contribution is 2.35. The molecular formula is C15H19N5O14P2-4. The van der Waals surface area contributed by atoms with E-state index >= 15 is 0 Å². The minimum atomic E-state index is -5.38. The van der Waals surface area contributed by atoms with Crippen molar-refractivity contribution in [2.45, 2.75) is 49.1 Å². The van der Waals surface area contributed by atoms with E-state index in [0.29, 0.717) is 0 Å². The summed E-state index contributed by atoms with van der Waals surface area (Å²) in [6, 6.07) is 0. The van der Waals surface area contributed by atoms with Gasteiger partial charge in [0.2, 0.25) is 0 Å². The summed E-state index contributed by atoms with van der Waals surface area (Å²) in [5.41, 5.74) is -0.597. The molecule has 202 valence electrons. The molecule has 0 saturated carbocycles. The number of aromatic nitrogens is 4. The van der Waals surface area contributed by atoms with Crippen molar-refractivity contribution in [3.05, 3.63) is 18.1 Å². The first-order valence-electron chi connectivity index (χ1n) is 10.0. The van der Waals surface area contributed by atoms with E-state index in [0.717, 1.165) is 21.8 Å². The number of rotatable bonds is 8. The molecule has 0 radical (unpaired) electrons. The van der Waals surface area contributed by atoms with Gasteiger partial charge in [-0.2, -0.15) is 0 Å². The molecule has 19 nitrogen and oxygen atoms in total. The van der Waals surface area contributed by atoms with E-state index in [1.54, 1.807) is 0 Å². The number of ether oxygens (including phenoxy) is 2. The molecule has 4 rings (SSSR count). The van der Waals surface area contributed by atoms with E-state index in [1.807, 2.05) is 0 Å². The van der Waals surface area contributed by atoms with Crippen LogP contribution in [-0.2, 0) is 27.7 Å². The maximum atomic E-state index is 10.7. The fraction of sp³-hybridized carbons (Fsp3) is 0.667. The lowest BCUT2D eigenvalue weighted by Crippen LogP contribution is -2.36. The zero-order valence-electron chi connectivity index (χ0n) is 17.7. The van der Waals surface area contributed by atoms with Gasteiger partial charge >= 0.3 is 0 Å². The number of aliphatic hydroxyl groups excluding tert-OH is 4. The van der Waals surface area contributed by atoms with Crippen LogP contribution < -0.4 is 25.1 Å². The molecule has 2 aromatic rings. The van der Waals surface area contributed by atoms with Crippen LogP contribution in [0.4, 0.5) is 0 Å². The fourth-order valence-corrected chi connectivity index (χ4v) is 4.51. The van der Waals surface area contributed by atoms with E-state index < -0.39 is 83.4 Å². The minimum Gasteiger partial charge on any atom is -0.790 e. The van der Waals surface area contributed by atoms with Crippen molar-refractivity contribution >= 4 is 26.8 Å². The normalized spacial score (nSPS) is 33.6. The summed E-state index contributed by atoms with van der Waals surface area (Å²) in [6.07, 6.45) is -10.2. The number of hydrogen-bond donors (Lipinski definition) is 5. The number of phosphoric acid groups is 2. The predicted molar refractivity (Wildman–Crippen MR) is 100 cm³/mol. The zero-order chi connectivity index (χ0) is 26.6. The SMILES string of the molecule is N=c1c2ncn([C@@H]3O[C@H](COP(=O)([O-])[O-])[C@@H](O)[C@H]3O)c2ncn1[C@@H]1O[C@H](COP(=O)([O-])[O-])[C@@H](O)[C@H]1O. The van der Waals surface area contributed by atoms with Crippen LogP contribution in [-0.4, -0.2) is 89.4 Å². The van der Waals surface area contributed by atoms with Gasteiger partial charge in [-0.05, 0) is 0 Å². The van der Waals surface area contributed by atoms with E-state index in [4.69, 9.17) is 14.9 Å². The molecule has 2 aromatic heterocycles. The number of phosphoric ester groups is 2. The lowest BCUT2D eigenvalue weighted by Gasteiger charge is -2.30. The Morgan fingerprint density at radius 2 is 1.28 bits per heavy atom. The third-order valence-corrected chi connectivity index (χ3v) is 6.50. The third-order valence-electron chi connectivity index (χ3n) is 5.57. The van der Waals surface area contributed by atoms with E-state index in [2.05, 4.69) is 19.0 Å². The Kier molecular flexibility index (Phi) is 7.52. The number of imidazole rings is 1. The molecule has 2 aliphatic rings. The second kappa shape index (κ2) is 9.90. The number of fused-ring (bicyclic) bond motifs is 1. The monoisotopic (exact) mass is 555 g/mol. The third kappa shape index (κ3) is 5.45. The van der Waals surface area contributed by atoms with Crippen LogP contribution in [0.5, 0.6) is 0 Å². The molecule has 0 aliphatic carbocycles. The van der Waals surface area contributed by atoms with E-state index in [-0.39, 0.29) is 11.2 Å². The molecule has 36 heavy (non-hydrogen) atoms. The van der Waals surface area contributed by atoms with Crippen LogP contribution in [0.15, 0.2) is 12.7 Å². The highest BCUT2D eigenvalue weighted by molar-refractivity contribution is 7.43. The number of nitrogens with zero attached hydrogens (tertiary/aromatic N) is 4. The Hall–Kier alpha value is -1.67. The highest BCUT2D eigenvalue weighted by Gasteiger charge is 2.46. The minimum absolute atomic E-state index is 0.0565. The van der Waals surface area contributed by atoms with Gasteiger partial charge in [-0.25, -0.2) is 9.97 Å². The van der Waals surface area contributed by atoms with Crippen molar-refractivity contribution in [2.24, 2.45) is 0 Å². The lowest BCUT2D eigenvalue weighted by atomic mass is 10.1. The van der Waals surface area contributed by atoms with Gasteiger partial charge < -0.3 is 67.7 Å². The second-order valence-corrected chi connectivity index (χ2v) is 10.2. The number of nitrogens with one attached hydrogen (secondary N) is 1. The van der Waals surface area contributed by atoms with Gasteiger partial charge in [-0.15, -0.1) is 0 Å². The van der Waals surface area contributed by atoms with Gasteiger partial charge in [0, 0.05) is 0 Å². The average Bonchev–Trinajstić information content (AvgIpc) is 3.41. The Morgan fingerprint density at radius 3 is 1.75 bits per heavy atom. The average molecular weight is 555 g/mol. The Bertz CT molecular complexity index is 1260. The van der Waals surface area contributed by atoms with Gasteiger partial charge in [-0.1, -0.05) is 0 Å². The van der Waals surface area contributed by atoms with Crippen LogP contribution >= 0.6 is 15.6 Å². The maximum Gasteiger partial charge on any atom is 0.167 e. The number of aliphatic hydroxyl groups is 4. The van der Waals surface area contributed by atoms with Crippen LogP contribution in [0.3, 0.4) is 0 Å². The standard InChI is InChI=1S/C15H23N5O14P2/c16-12-7-13(18-4-19(12)14-10(23)8(21)5(33-14)1-31-35(25,26)27)20(3-17-7)15-11(24)9(22)6(34-15)2-32-36(28,29)30/h3-6,8-11,14-16,21-24H,1-2H2,(H2,25,26,27)(H2,28,29,30)/p-4/t5-,6-,8-,9-,10-,11-,14-,15-/m1/s1. The van der Waals surface area contributed by atoms with Crippen molar-refractivity contribution < 1.29 is 67.7 Å². The highest BCUT2D eigenvalue weighted by atomic mass is 31.2. The van der Waals surface area contributed by atoms with Crippen molar-refractivity contribution in [1.29, 1.82) is 5.41 Å². The molecule has 21 heteroatoms. The topological polar surface area (TPSA) is 304 Å². The van der Waals surface area contributed by atoms with Gasteiger partial charge in [-0.3, -0.25) is 14.5 Å². The first-order chi connectivity index (χ1) is 16.7. The molecule has 0 bridgehead atoms. The molecule has 0 amide bonds. The summed E-state index contributed by atoms with van der Waals surface area (Å²) < 4.78 is 42.4. The van der Waals surface area contributed by atoms with Crippen molar-refractivity contribution in [3.63, 3.8) is 0 Å². The summed E-state index contributed by atoms with van der Waals surface area (Å²) in [4.78, 5) is 50.8.